The minimum absolute atomic E-state index is 0. The molecule has 0 bridgehead atoms. The molecule has 0 heterocycles. The van der Waals surface area contributed by atoms with Crippen molar-refractivity contribution >= 4 is 37.2 Å². The molecule has 0 aromatic heterocycles. The van der Waals surface area contributed by atoms with Crippen LogP contribution >= 0.6 is 37.2 Å². The van der Waals surface area contributed by atoms with E-state index in [1.165, 1.54) is 0 Å². The molecule has 0 saturated carbocycles. The third-order valence-corrected chi connectivity index (χ3v) is 0. The maximum absolute atomic E-state index is 4.89. The average molecular weight is 286 g/mol. The van der Waals surface area contributed by atoms with Crippen molar-refractivity contribution in [3.63, 3.8) is 0 Å². The van der Waals surface area contributed by atoms with E-state index in [1.807, 2.05) is 0 Å². The summed E-state index contributed by atoms with van der Waals surface area (Å²) in [5.41, 5.74) is 0. The number of hydrogen-bond acceptors (Lipinski definition) is 0. The van der Waals surface area contributed by atoms with E-state index in [0.717, 1.165) is 0 Å². The van der Waals surface area contributed by atoms with E-state index >= 15 is 0 Å². The van der Waals surface area contributed by atoms with Gasteiger partial charge in [-0.1, -0.05) is 0 Å². The zero-order valence-electron chi connectivity index (χ0n) is 5.01. The summed E-state index contributed by atoms with van der Waals surface area (Å²) in [6.07, 6.45) is 0. The van der Waals surface area contributed by atoms with Crippen LogP contribution in [0.4, 0.5) is 0 Å². The van der Waals surface area contributed by atoms with Crippen molar-refractivity contribution in [2.45, 2.75) is 0 Å². The van der Waals surface area contributed by atoms with Gasteiger partial charge in [-0.2, -0.15) is 0 Å². The Balaban J connectivity index is -0.00000000889. The van der Waals surface area contributed by atoms with Crippen LogP contribution in [0.2, 0.25) is 0 Å². The first kappa shape index (κ1) is 30.0. The molecule has 0 aliphatic rings. The number of rotatable bonds is 0. The Bertz CT molecular complexity index is 18.5. The summed E-state index contributed by atoms with van der Waals surface area (Å²) >= 11 is -1.11. The summed E-state index contributed by atoms with van der Waals surface area (Å²) in [6, 6.07) is 0. The molecule has 0 fully saturated rings. The van der Waals surface area contributed by atoms with Crippen LogP contribution in [0.1, 0.15) is 0 Å². The van der Waals surface area contributed by atoms with E-state index in [1.54, 1.807) is 0 Å². The van der Waals surface area contributed by atoms with Gasteiger partial charge in [0.1, 0.15) is 0 Å². The monoisotopic (exact) mass is 284 g/mol. The number of halogens is 4. The Labute approximate surface area is 90.4 Å². The summed E-state index contributed by atoms with van der Waals surface area (Å²) in [5, 5.41) is 0. The zero-order valence-corrected chi connectivity index (χ0v) is 11.2. The van der Waals surface area contributed by atoms with Gasteiger partial charge in [0.15, 0.2) is 0 Å². The van der Waals surface area contributed by atoms with Crippen molar-refractivity contribution in [2.75, 3.05) is 0 Å². The van der Waals surface area contributed by atoms with Gasteiger partial charge < -0.3 is 20.3 Å². The molecule has 0 aliphatic heterocycles. The van der Waals surface area contributed by atoms with E-state index in [0.29, 0.717) is 0 Å². The van der Waals surface area contributed by atoms with Crippen molar-refractivity contribution < 1.29 is 39.5 Å². The fourth-order valence-electron chi connectivity index (χ4n) is 0. The molecule has 0 unspecified atom stereocenters. The van der Waals surface area contributed by atoms with Gasteiger partial charge in [0.2, 0.25) is 0 Å². The molecule has 0 rings (SSSR count). The molecule has 1 nitrogen and oxygen atoms in total. The first-order valence-electron chi connectivity index (χ1n) is 0.756. The van der Waals surface area contributed by atoms with Crippen molar-refractivity contribution in [2.24, 2.45) is 0 Å². The van der Waals surface area contributed by atoms with E-state index in [-0.39, 0.29) is 20.3 Å². The van der Waals surface area contributed by atoms with Crippen LogP contribution in [0.25, 0.3) is 0 Å². The molecule has 0 atom stereocenters. The summed E-state index contributed by atoms with van der Waals surface area (Å²) in [5.74, 6) is 0. The van der Waals surface area contributed by atoms with E-state index in [9.17, 15) is 0 Å². The van der Waals surface area contributed by atoms with Crippen molar-refractivity contribution in [1.29, 1.82) is 0 Å². The average Bonchev–Trinajstić information content (AvgIpc) is 1.39. The van der Waals surface area contributed by atoms with Crippen molar-refractivity contribution in [3.8, 4) is 0 Å². The molecule has 0 aromatic rings. The zero-order chi connectivity index (χ0) is 5.41. The molecule has 0 aromatic carbocycles. The molecular formula is C2H8Cl4OTi2-2. The van der Waals surface area contributed by atoms with Crippen LogP contribution in [0.3, 0.4) is 0 Å². The predicted molar refractivity (Wildman–Crippen MR) is 39.9 cm³/mol. The first-order chi connectivity index (χ1) is 2.83. The third kappa shape index (κ3) is 119. The molecule has 0 saturated heterocycles. The van der Waals surface area contributed by atoms with Gasteiger partial charge >= 0.3 is 71.3 Å². The fraction of sp³-hybridized carbons (Fsp3) is 0. The molecule has 2 N–H and O–H groups in total. The molecule has 0 amide bonds. The van der Waals surface area contributed by atoms with Gasteiger partial charge in [0.25, 0.3) is 0 Å². The first-order valence-corrected chi connectivity index (χ1v) is 9.35. The second kappa shape index (κ2) is 46.5. The van der Waals surface area contributed by atoms with Crippen molar-refractivity contribution in [3.05, 3.63) is 14.9 Å². The molecule has 9 heavy (non-hydrogen) atoms. The molecule has 0 spiro atoms. The number of hydrogen-bond donors (Lipinski definition) is 0. The Morgan fingerprint density at radius 2 is 0.667 bits per heavy atom. The Morgan fingerprint density at radius 1 is 0.667 bits per heavy atom. The SMILES string of the molecule is O.[CH3-].[CH3-].[Cl][Ti][Cl].[Cl][Ti][Cl]. The van der Waals surface area contributed by atoms with Gasteiger partial charge in [0, 0.05) is 0 Å². The Hall–Kier alpha value is 2.55. The van der Waals surface area contributed by atoms with E-state index in [4.69, 9.17) is 37.2 Å². The Kier molecular flexibility index (Phi) is 155. The van der Waals surface area contributed by atoms with Crippen LogP contribution < -0.4 is 0 Å². The summed E-state index contributed by atoms with van der Waals surface area (Å²) < 4.78 is 0. The maximum atomic E-state index is 4.89. The van der Waals surface area contributed by atoms with Gasteiger partial charge in [0.05, 0.1) is 0 Å². The second-order valence-corrected chi connectivity index (χ2v) is 5.30. The van der Waals surface area contributed by atoms with Crippen LogP contribution in [0, 0.1) is 14.9 Å². The van der Waals surface area contributed by atoms with Gasteiger partial charge in [-0.3, -0.25) is 0 Å². The van der Waals surface area contributed by atoms with E-state index < -0.39 is 34.1 Å². The van der Waals surface area contributed by atoms with Crippen LogP contribution in [-0.2, 0) is 34.1 Å². The second-order valence-electron chi connectivity index (χ2n) is 0.143. The molecule has 60 valence electrons. The van der Waals surface area contributed by atoms with Crippen LogP contribution in [0.15, 0.2) is 0 Å². The van der Waals surface area contributed by atoms with Gasteiger partial charge in [-0.05, 0) is 0 Å². The predicted octanol–water partition coefficient (Wildman–Crippen LogP) is 2.83. The minimum atomic E-state index is -0.556. The third-order valence-electron chi connectivity index (χ3n) is 0. The topological polar surface area (TPSA) is 31.5 Å². The molecule has 0 aliphatic carbocycles. The normalized spacial score (nSPS) is 3.11. The van der Waals surface area contributed by atoms with Crippen LogP contribution in [-0.4, -0.2) is 5.48 Å². The van der Waals surface area contributed by atoms with Crippen molar-refractivity contribution in [1.82, 2.24) is 0 Å². The van der Waals surface area contributed by atoms with Crippen LogP contribution in [0.5, 0.6) is 0 Å². The molecule has 0 radical (unpaired) electrons. The van der Waals surface area contributed by atoms with Gasteiger partial charge in [-0.25, -0.2) is 0 Å². The standard InChI is InChI=1S/2CH3.4ClH.H2O.2Ti/h2*1H3;4*1H;1H2;;/q2*-1;;;;;;2*+2/p-4. The summed E-state index contributed by atoms with van der Waals surface area (Å²) in [4.78, 5) is 0. The summed E-state index contributed by atoms with van der Waals surface area (Å²) in [7, 11) is 19.6. The van der Waals surface area contributed by atoms with Gasteiger partial charge in [-0.15, -0.1) is 0 Å². The van der Waals surface area contributed by atoms with E-state index in [2.05, 4.69) is 0 Å². The molecular weight excluding hydrogens is 278 g/mol. The Morgan fingerprint density at radius 3 is 0.667 bits per heavy atom. The summed E-state index contributed by atoms with van der Waals surface area (Å²) in [6.45, 7) is 0. The quantitative estimate of drug-likeness (QED) is 0.484. The fourth-order valence-corrected chi connectivity index (χ4v) is 0. The molecule has 7 heteroatoms.